The number of aromatic carboxylic acids is 1. The highest BCUT2D eigenvalue weighted by atomic mass is 16.5. The van der Waals surface area contributed by atoms with E-state index in [9.17, 15) is 9.90 Å². The quantitative estimate of drug-likeness (QED) is 0.863. The van der Waals surface area contributed by atoms with E-state index in [0.29, 0.717) is 12.2 Å². The van der Waals surface area contributed by atoms with Gasteiger partial charge < -0.3 is 19.4 Å². The molecule has 1 aromatic heterocycles. The Morgan fingerprint density at radius 3 is 2.79 bits per heavy atom. The van der Waals surface area contributed by atoms with Gasteiger partial charge in [0.25, 0.3) is 0 Å². The average molecular weight is 262 g/mol. The predicted octanol–water partition coefficient (Wildman–Crippen LogP) is 2.21. The highest BCUT2D eigenvalue weighted by Crippen LogP contribution is 2.24. The molecule has 2 aromatic rings. The van der Waals surface area contributed by atoms with Crippen molar-refractivity contribution in [1.82, 2.24) is 0 Å². The number of aliphatic hydroxyl groups excluding tert-OH is 1. The Morgan fingerprint density at radius 1 is 1.37 bits per heavy atom. The van der Waals surface area contributed by atoms with Gasteiger partial charge in [0, 0.05) is 7.11 Å². The van der Waals surface area contributed by atoms with Crippen LogP contribution in [0.15, 0.2) is 40.8 Å². The van der Waals surface area contributed by atoms with Crippen molar-refractivity contribution < 1.29 is 24.2 Å². The Morgan fingerprint density at radius 2 is 2.16 bits per heavy atom. The van der Waals surface area contributed by atoms with Crippen molar-refractivity contribution >= 4 is 5.97 Å². The van der Waals surface area contributed by atoms with Gasteiger partial charge in [0.15, 0.2) is 0 Å². The number of carboxylic acid groups (broad SMARTS) is 1. The maximum absolute atomic E-state index is 10.7. The lowest BCUT2D eigenvalue weighted by Gasteiger charge is -2.09. The molecule has 0 bridgehead atoms. The largest absolute Gasteiger partial charge is 0.475 e. The molecule has 1 heterocycles. The zero-order valence-electron chi connectivity index (χ0n) is 10.4. The number of furan rings is 1. The molecule has 5 heteroatoms. The Bertz CT molecular complexity index is 573. The van der Waals surface area contributed by atoms with Gasteiger partial charge >= 0.3 is 5.97 Å². The van der Waals surface area contributed by atoms with Gasteiger partial charge in [0.2, 0.25) is 5.76 Å². The van der Waals surface area contributed by atoms with E-state index in [1.54, 1.807) is 25.3 Å². The van der Waals surface area contributed by atoms with E-state index in [-0.39, 0.29) is 11.5 Å². The second-order valence-corrected chi connectivity index (χ2v) is 4.09. The molecule has 0 amide bonds. The maximum Gasteiger partial charge on any atom is 0.371 e. The van der Waals surface area contributed by atoms with Crippen molar-refractivity contribution in [3.8, 4) is 0 Å². The molecule has 1 unspecified atom stereocenters. The van der Waals surface area contributed by atoms with Crippen LogP contribution in [0.1, 0.15) is 33.5 Å². The second kappa shape index (κ2) is 5.69. The molecule has 100 valence electrons. The molecule has 0 spiro atoms. The van der Waals surface area contributed by atoms with Crippen molar-refractivity contribution in [3.05, 3.63) is 59.0 Å². The third kappa shape index (κ3) is 3.01. The molecule has 1 atom stereocenters. The fourth-order valence-electron chi connectivity index (χ4n) is 1.80. The Balaban J connectivity index is 2.24. The van der Waals surface area contributed by atoms with Gasteiger partial charge in [-0.05, 0) is 23.3 Å². The SMILES string of the molecule is COCc1cccc(C(O)c2ccc(C(=O)O)o2)c1. The van der Waals surface area contributed by atoms with Gasteiger partial charge in [-0.15, -0.1) is 0 Å². The number of aliphatic hydroxyl groups is 1. The first kappa shape index (κ1) is 13.3. The lowest BCUT2D eigenvalue weighted by atomic mass is 10.0. The smallest absolute Gasteiger partial charge is 0.371 e. The van der Waals surface area contributed by atoms with Crippen LogP contribution in [0.25, 0.3) is 0 Å². The standard InChI is InChI=1S/C14H14O5/c1-18-8-9-3-2-4-10(7-9)13(15)11-5-6-12(19-11)14(16)17/h2-7,13,15H,8H2,1H3,(H,16,17). The van der Waals surface area contributed by atoms with Gasteiger partial charge in [-0.3, -0.25) is 0 Å². The van der Waals surface area contributed by atoms with Crippen molar-refractivity contribution in [1.29, 1.82) is 0 Å². The first-order chi connectivity index (χ1) is 9.11. The predicted molar refractivity (Wildman–Crippen MR) is 66.9 cm³/mol. The number of benzene rings is 1. The molecule has 0 radical (unpaired) electrons. The van der Waals surface area contributed by atoms with E-state index in [2.05, 4.69) is 0 Å². The molecule has 0 fully saturated rings. The number of hydrogen-bond acceptors (Lipinski definition) is 4. The molecular formula is C14H14O5. The summed E-state index contributed by atoms with van der Waals surface area (Å²) in [6.45, 7) is 0.444. The summed E-state index contributed by atoms with van der Waals surface area (Å²) in [5, 5.41) is 18.9. The van der Waals surface area contributed by atoms with Crippen molar-refractivity contribution in [2.24, 2.45) is 0 Å². The molecule has 0 aliphatic rings. The summed E-state index contributed by atoms with van der Waals surface area (Å²) in [5.41, 5.74) is 1.55. The van der Waals surface area contributed by atoms with Crippen LogP contribution < -0.4 is 0 Å². The monoisotopic (exact) mass is 262 g/mol. The van der Waals surface area contributed by atoms with Crippen molar-refractivity contribution in [3.63, 3.8) is 0 Å². The van der Waals surface area contributed by atoms with Crippen LogP contribution in [0.5, 0.6) is 0 Å². The average Bonchev–Trinajstić information content (AvgIpc) is 2.88. The molecule has 2 N–H and O–H groups in total. The van der Waals surface area contributed by atoms with Gasteiger partial charge in [0.1, 0.15) is 11.9 Å². The third-order valence-corrected chi connectivity index (χ3v) is 2.68. The first-order valence-electron chi connectivity index (χ1n) is 5.70. The lowest BCUT2D eigenvalue weighted by Crippen LogP contribution is -2.00. The normalized spacial score (nSPS) is 12.3. The molecule has 5 nitrogen and oxygen atoms in total. The first-order valence-corrected chi connectivity index (χ1v) is 5.70. The van der Waals surface area contributed by atoms with Crippen LogP contribution in [0.3, 0.4) is 0 Å². The third-order valence-electron chi connectivity index (χ3n) is 2.68. The van der Waals surface area contributed by atoms with E-state index in [1.165, 1.54) is 12.1 Å². The molecule has 1 aromatic carbocycles. The van der Waals surface area contributed by atoms with Crippen molar-refractivity contribution in [2.75, 3.05) is 7.11 Å². The lowest BCUT2D eigenvalue weighted by molar-refractivity contribution is 0.0655. The summed E-state index contributed by atoms with van der Waals surface area (Å²) < 4.78 is 10.1. The van der Waals surface area contributed by atoms with Crippen LogP contribution in [-0.4, -0.2) is 23.3 Å². The second-order valence-electron chi connectivity index (χ2n) is 4.09. The summed E-state index contributed by atoms with van der Waals surface area (Å²) in [7, 11) is 1.59. The molecule has 2 rings (SSSR count). The molecule has 0 saturated heterocycles. The van der Waals surface area contributed by atoms with E-state index in [0.717, 1.165) is 5.56 Å². The van der Waals surface area contributed by atoms with Crippen LogP contribution in [0.2, 0.25) is 0 Å². The number of carboxylic acids is 1. The zero-order chi connectivity index (χ0) is 13.8. The minimum atomic E-state index is -1.16. The summed E-state index contributed by atoms with van der Waals surface area (Å²) in [6, 6.07) is 9.99. The maximum atomic E-state index is 10.7. The topological polar surface area (TPSA) is 79.9 Å². The fraction of sp³-hybridized carbons (Fsp3) is 0.214. The molecule has 19 heavy (non-hydrogen) atoms. The number of methoxy groups -OCH3 is 1. The van der Waals surface area contributed by atoms with Crippen molar-refractivity contribution in [2.45, 2.75) is 12.7 Å². The van der Waals surface area contributed by atoms with Crippen LogP contribution >= 0.6 is 0 Å². The highest BCUT2D eigenvalue weighted by Gasteiger charge is 2.17. The van der Waals surface area contributed by atoms with E-state index < -0.39 is 12.1 Å². The van der Waals surface area contributed by atoms with Gasteiger partial charge in [0.05, 0.1) is 6.61 Å². The summed E-state index contributed by atoms with van der Waals surface area (Å²) >= 11 is 0. The van der Waals surface area contributed by atoms with Crippen LogP contribution in [0.4, 0.5) is 0 Å². The van der Waals surface area contributed by atoms with Gasteiger partial charge in [-0.25, -0.2) is 4.79 Å². The molecular weight excluding hydrogens is 248 g/mol. The minimum absolute atomic E-state index is 0.193. The molecule has 0 aliphatic heterocycles. The van der Waals surface area contributed by atoms with Gasteiger partial charge in [-0.1, -0.05) is 24.3 Å². The highest BCUT2D eigenvalue weighted by molar-refractivity contribution is 5.84. The fourth-order valence-corrected chi connectivity index (χ4v) is 1.80. The van der Waals surface area contributed by atoms with E-state index in [1.807, 2.05) is 6.07 Å². The number of hydrogen-bond donors (Lipinski definition) is 2. The summed E-state index contributed by atoms with van der Waals surface area (Å²) in [6.07, 6.45) is -0.995. The van der Waals surface area contributed by atoms with E-state index >= 15 is 0 Å². The number of rotatable bonds is 5. The Hall–Kier alpha value is -2.11. The zero-order valence-corrected chi connectivity index (χ0v) is 10.4. The van der Waals surface area contributed by atoms with Crippen LogP contribution in [-0.2, 0) is 11.3 Å². The molecule has 0 aliphatic carbocycles. The Labute approximate surface area is 110 Å². The number of carbonyl (C=O) groups is 1. The Kier molecular flexibility index (Phi) is 3.99. The van der Waals surface area contributed by atoms with Gasteiger partial charge in [-0.2, -0.15) is 0 Å². The van der Waals surface area contributed by atoms with E-state index in [4.69, 9.17) is 14.3 Å². The summed E-state index contributed by atoms with van der Waals surface area (Å²) in [5.74, 6) is -1.15. The minimum Gasteiger partial charge on any atom is -0.475 e. The number of ether oxygens (including phenoxy) is 1. The molecule has 0 saturated carbocycles. The summed E-state index contributed by atoms with van der Waals surface area (Å²) in [4.78, 5) is 10.7. The van der Waals surface area contributed by atoms with Crippen LogP contribution in [0, 0.1) is 0 Å².